The van der Waals surface area contributed by atoms with E-state index >= 15 is 0 Å². The molecule has 7 nitrogen and oxygen atoms in total. The number of rotatable bonds is 10. The highest BCUT2D eigenvalue weighted by atomic mass is 127. The summed E-state index contributed by atoms with van der Waals surface area (Å²) < 4.78 is 5.33. The van der Waals surface area contributed by atoms with Gasteiger partial charge in [-0.1, -0.05) is 0 Å². The minimum Gasteiger partial charge on any atom is -0.382 e. The van der Waals surface area contributed by atoms with Crippen LogP contribution in [0.3, 0.4) is 0 Å². The van der Waals surface area contributed by atoms with Crippen molar-refractivity contribution in [3.8, 4) is 0 Å². The van der Waals surface area contributed by atoms with E-state index in [0.717, 1.165) is 43.2 Å². The van der Waals surface area contributed by atoms with E-state index in [1.165, 1.54) is 9.78 Å². The second kappa shape index (κ2) is 14.2. The molecule has 0 spiro atoms. The molecule has 150 valence electrons. The molecule has 26 heavy (non-hydrogen) atoms. The Balaban J connectivity index is 0.00000625. The number of ether oxygens (including phenoxy) is 1. The van der Waals surface area contributed by atoms with Crippen molar-refractivity contribution in [1.29, 1.82) is 0 Å². The first-order valence-electron chi connectivity index (χ1n) is 8.67. The van der Waals surface area contributed by atoms with Gasteiger partial charge >= 0.3 is 0 Å². The third-order valence-corrected chi connectivity index (χ3v) is 4.67. The normalized spacial score (nSPS) is 11.0. The van der Waals surface area contributed by atoms with Gasteiger partial charge in [-0.2, -0.15) is 0 Å². The lowest BCUT2D eigenvalue weighted by Crippen LogP contribution is -2.40. The Kier molecular flexibility index (Phi) is 13.6. The molecule has 0 aliphatic heterocycles. The molecule has 0 bridgehead atoms. The van der Waals surface area contributed by atoms with E-state index in [0.29, 0.717) is 12.6 Å². The Labute approximate surface area is 178 Å². The van der Waals surface area contributed by atoms with Gasteiger partial charge in [0.1, 0.15) is 6.54 Å². The van der Waals surface area contributed by atoms with E-state index in [4.69, 9.17) is 4.74 Å². The van der Waals surface area contributed by atoms with E-state index in [9.17, 15) is 4.79 Å². The molecule has 0 aliphatic carbocycles. The second-order valence-electron chi connectivity index (χ2n) is 5.86. The molecule has 1 rings (SSSR count). The molecule has 0 unspecified atom stereocenters. The first kappa shape index (κ1) is 25.1. The van der Waals surface area contributed by atoms with Crippen LogP contribution in [-0.2, 0) is 16.0 Å². The highest BCUT2D eigenvalue weighted by Gasteiger charge is 2.06. The molecule has 0 radical (unpaired) electrons. The Morgan fingerprint density at radius 3 is 2.54 bits per heavy atom. The van der Waals surface area contributed by atoms with Gasteiger partial charge in [0.15, 0.2) is 5.96 Å². The van der Waals surface area contributed by atoms with E-state index in [2.05, 4.69) is 27.5 Å². The topological polar surface area (TPSA) is 78.8 Å². The average Bonchev–Trinajstić information content (AvgIpc) is 2.89. The molecule has 0 saturated carbocycles. The van der Waals surface area contributed by atoms with Crippen molar-refractivity contribution in [2.45, 2.75) is 33.6 Å². The first-order chi connectivity index (χ1) is 11.9. The lowest BCUT2D eigenvalue weighted by molar-refractivity contribution is -0.127. The summed E-state index contributed by atoms with van der Waals surface area (Å²) in [5.74, 6) is 0.623. The zero-order valence-electron chi connectivity index (χ0n) is 16.4. The number of nitrogens with zero attached hydrogens (tertiary/aromatic N) is 3. The van der Waals surface area contributed by atoms with Crippen molar-refractivity contribution < 1.29 is 9.53 Å². The number of guanidine groups is 1. The molecule has 9 heteroatoms. The van der Waals surface area contributed by atoms with Gasteiger partial charge in [-0.15, -0.1) is 35.3 Å². The van der Waals surface area contributed by atoms with Crippen molar-refractivity contribution in [2.24, 2.45) is 4.99 Å². The molecule has 2 N–H and O–H groups in total. The van der Waals surface area contributed by atoms with Crippen LogP contribution in [0.25, 0.3) is 0 Å². The minimum absolute atomic E-state index is 0. The largest absolute Gasteiger partial charge is 0.382 e. The highest BCUT2D eigenvalue weighted by Crippen LogP contribution is 2.16. The summed E-state index contributed by atoms with van der Waals surface area (Å²) in [5.41, 5.74) is 1.10. The summed E-state index contributed by atoms with van der Waals surface area (Å²) in [4.78, 5) is 23.4. The van der Waals surface area contributed by atoms with E-state index < -0.39 is 0 Å². The number of halogens is 1. The van der Waals surface area contributed by atoms with Crippen molar-refractivity contribution in [3.63, 3.8) is 0 Å². The second-order valence-corrected chi connectivity index (χ2v) is 7.14. The Bertz CT molecular complexity index is 544. The fourth-order valence-electron chi connectivity index (χ4n) is 1.92. The summed E-state index contributed by atoms with van der Waals surface area (Å²) in [6, 6.07) is 0. The zero-order chi connectivity index (χ0) is 18.7. The number of hydrogen-bond acceptors (Lipinski definition) is 5. The first-order valence-corrected chi connectivity index (χ1v) is 9.48. The van der Waals surface area contributed by atoms with Gasteiger partial charge in [-0.25, -0.2) is 9.98 Å². The number of aryl methyl sites for hydroxylation is 2. The maximum atomic E-state index is 11.7. The van der Waals surface area contributed by atoms with Gasteiger partial charge in [0.2, 0.25) is 5.91 Å². The Hall–Kier alpha value is -0.940. The van der Waals surface area contributed by atoms with Crippen LogP contribution in [-0.4, -0.2) is 68.7 Å². The lowest BCUT2D eigenvalue weighted by Gasteiger charge is -2.13. The molecule has 0 fully saturated rings. The summed E-state index contributed by atoms with van der Waals surface area (Å²) in [6.45, 7) is 9.14. The van der Waals surface area contributed by atoms with E-state index in [1.54, 1.807) is 25.4 Å². The number of thiazole rings is 1. The predicted molar refractivity (Wildman–Crippen MR) is 119 cm³/mol. The molecule has 0 atom stereocenters. The van der Waals surface area contributed by atoms with Crippen molar-refractivity contribution in [1.82, 2.24) is 20.5 Å². The standard InChI is InChI=1S/C17H31N5O2S.HI/c1-6-24-11-7-9-18-17(20-12-16(23)22(4)5)19-10-8-15-21-13(2)14(3)25-15;/h6-12H2,1-5H3,(H2,18,19,20);1H. The van der Waals surface area contributed by atoms with E-state index in [1.807, 2.05) is 13.8 Å². The summed E-state index contributed by atoms with van der Waals surface area (Å²) in [5, 5.41) is 7.64. The molecule has 1 heterocycles. The Morgan fingerprint density at radius 1 is 1.27 bits per heavy atom. The van der Waals surface area contributed by atoms with Gasteiger partial charge in [0, 0.05) is 51.7 Å². The number of hydrogen-bond donors (Lipinski definition) is 2. The van der Waals surface area contributed by atoms with Crippen LogP contribution in [0.4, 0.5) is 0 Å². The minimum atomic E-state index is -0.0263. The molecular formula is C17H32IN5O2S. The van der Waals surface area contributed by atoms with Gasteiger partial charge in [0.05, 0.1) is 10.7 Å². The maximum absolute atomic E-state index is 11.7. The maximum Gasteiger partial charge on any atom is 0.243 e. The zero-order valence-corrected chi connectivity index (χ0v) is 19.6. The molecule has 1 aromatic rings. The Morgan fingerprint density at radius 2 is 1.96 bits per heavy atom. The fraction of sp³-hybridized carbons (Fsp3) is 0.706. The number of amides is 1. The number of carbonyl (C=O) groups excluding carboxylic acids is 1. The predicted octanol–water partition coefficient (Wildman–Crippen LogP) is 1.97. The van der Waals surface area contributed by atoms with Gasteiger partial charge in [-0.3, -0.25) is 4.79 Å². The third kappa shape index (κ3) is 10.3. The smallest absolute Gasteiger partial charge is 0.243 e. The summed E-state index contributed by atoms with van der Waals surface area (Å²) in [7, 11) is 3.46. The van der Waals surface area contributed by atoms with Crippen LogP contribution in [0.2, 0.25) is 0 Å². The molecule has 0 aromatic carbocycles. The molecule has 1 aromatic heterocycles. The van der Waals surface area contributed by atoms with Crippen molar-refractivity contribution in [3.05, 3.63) is 15.6 Å². The van der Waals surface area contributed by atoms with Crippen LogP contribution in [0, 0.1) is 13.8 Å². The third-order valence-electron chi connectivity index (χ3n) is 3.54. The summed E-state index contributed by atoms with van der Waals surface area (Å²) >= 11 is 1.73. The van der Waals surface area contributed by atoms with Crippen LogP contribution in [0.1, 0.15) is 28.9 Å². The van der Waals surface area contributed by atoms with Crippen LogP contribution >= 0.6 is 35.3 Å². The molecule has 0 aliphatic rings. The molecule has 0 saturated heterocycles. The number of nitrogens with one attached hydrogen (secondary N) is 2. The number of aliphatic imine (C=N–C) groups is 1. The number of carbonyl (C=O) groups is 1. The van der Waals surface area contributed by atoms with Gasteiger partial charge in [0.25, 0.3) is 0 Å². The van der Waals surface area contributed by atoms with Crippen molar-refractivity contribution >= 4 is 47.2 Å². The monoisotopic (exact) mass is 497 g/mol. The lowest BCUT2D eigenvalue weighted by atomic mass is 10.4. The van der Waals surface area contributed by atoms with Crippen LogP contribution in [0.15, 0.2) is 4.99 Å². The van der Waals surface area contributed by atoms with Crippen LogP contribution in [0.5, 0.6) is 0 Å². The number of likely N-dealkylation sites (N-methyl/N-ethyl adjacent to an activating group) is 1. The van der Waals surface area contributed by atoms with E-state index in [-0.39, 0.29) is 36.4 Å². The highest BCUT2D eigenvalue weighted by molar-refractivity contribution is 14.0. The number of aromatic nitrogens is 1. The fourth-order valence-corrected chi connectivity index (χ4v) is 2.86. The van der Waals surface area contributed by atoms with Gasteiger partial charge in [-0.05, 0) is 27.2 Å². The molecular weight excluding hydrogens is 465 g/mol. The average molecular weight is 497 g/mol. The SMILES string of the molecule is CCOCCCNC(=NCC(=O)N(C)C)NCCc1nc(C)c(C)s1.I. The quantitative estimate of drug-likeness (QED) is 0.224. The van der Waals surface area contributed by atoms with Crippen LogP contribution < -0.4 is 10.6 Å². The van der Waals surface area contributed by atoms with Crippen molar-refractivity contribution in [2.75, 3.05) is 46.9 Å². The van der Waals surface area contributed by atoms with Gasteiger partial charge < -0.3 is 20.3 Å². The molecule has 1 amide bonds. The summed E-state index contributed by atoms with van der Waals surface area (Å²) in [6.07, 6.45) is 1.72.